The molecule has 2 rings (SSSR count). The number of hydrogen-bond acceptors (Lipinski definition) is 4. The number of allylic oxidation sites excluding steroid dienone is 2. The first kappa shape index (κ1) is 20.6. The summed E-state index contributed by atoms with van der Waals surface area (Å²) in [6.07, 6.45) is 4.55. The third-order valence-corrected chi connectivity index (χ3v) is 5.42. The first-order valence-electron chi connectivity index (χ1n) is 9.02. The summed E-state index contributed by atoms with van der Waals surface area (Å²) in [4.78, 5) is 6.61. The summed E-state index contributed by atoms with van der Waals surface area (Å²) < 4.78 is 19.1. The highest BCUT2D eigenvalue weighted by Gasteiger charge is 2.32. The molecule has 0 spiro atoms. The molecule has 2 N–H and O–H groups in total. The van der Waals surface area contributed by atoms with Gasteiger partial charge in [-0.2, -0.15) is 0 Å². The van der Waals surface area contributed by atoms with Crippen LogP contribution in [0, 0.1) is 17.7 Å². The minimum absolute atomic E-state index is 0.0913. The maximum atomic E-state index is 13.8. The molecule has 0 radical (unpaired) electrons. The van der Waals surface area contributed by atoms with E-state index in [9.17, 15) is 4.39 Å². The van der Waals surface area contributed by atoms with Crippen molar-refractivity contribution in [2.24, 2.45) is 22.6 Å². The molecular formula is C20H29ClFN3O. The number of rotatable bonds is 8. The van der Waals surface area contributed by atoms with E-state index in [1.165, 1.54) is 6.07 Å². The van der Waals surface area contributed by atoms with E-state index in [-0.39, 0.29) is 17.8 Å². The molecule has 1 heterocycles. The summed E-state index contributed by atoms with van der Waals surface area (Å²) in [5.41, 5.74) is 6.88. The van der Waals surface area contributed by atoms with Crippen LogP contribution in [0.5, 0.6) is 0 Å². The third-order valence-electron chi connectivity index (χ3n) is 5.20. The van der Waals surface area contributed by atoms with Gasteiger partial charge in [0.15, 0.2) is 5.96 Å². The number of nitrogens with zero attached hydrogens (tertiary/aromatic N) is 2. The normalized spacial score (nSPS) is 20.1. The molecule has 0 aliphatic carbocycles. The van der Waals surface area contributed by atoms with Crippen LogP contribution in [0.3, 0.4) is 0 Å². The minimum Gasteiger partial charge on any atom is -0.501 e. The number of halogens is 2. The van der Waals surface area contributed by atoms with E-state index >= 15 is 0 Å². The molecule has 1 aromatic carbocycles. The molecule has 3 unspecified atom stereocenters. The first-order chi connectivity index (χ1) is 12.3. The highest BCUT2D eigenvalue weighted by Crippen LogP contribution is 2.31. The van der Waals surface area contributed by atoms with Crippen molar-refractivity contribution in [3.8, 4) is 0 Å². The van der Waals surface area contributed by atoms with Gasteiger partial charge in [0.1, 0.15) is 5.82 Å². The molecule has 0 saturated carbocycles. The van der Waals surface area contributed by atoms with Crippen LogP contribution < -0.4 is 5.73 Å². The zero-order chi connectivity index (χ0) is 19.3. The maximum Gasteiger partial charge on any atom is 0.191 e. The average molecular weight is 382 g/mol. The number of aliphatic imine (C=N–C) groups is 1. The second-order valence-corrected chi connectivity index (χ2v) is 7.49. The fourth-order valence-electron chi connectivity index (χ4n) is 3.58. The summed E-state index contributed by atoms with van der Waals surface area (Å²) in [6, 6.07) is 4.82. The Hall–Kier alpha value is -1.75. The number of methoxy groups -OCH3 is 1. The molecule has 3 atom stereocenters. The van der Waals surface area contributed by atoms with E-state index in [1.54, 1.807) is 13.2 Å². The van der Waals surface area contributed by atoms with Gasteiger partial charge in [-0.15, -0.1) is 0 Å². The molecule has 0 saturated heterocycles. The van der Waals surface area contributed by atoms with Gasteiger partial charge in [-0.3, -0.25) is 0 Å². The van der Waals surface area contributed by atoms with E-state index in [1.807, 2.05) is 31.0 Å². The fourth-order valence-corrected chi connectivity index (χ4v) is 3.82. The number of nitrogens with two attached hydrogens (primary N) is 1. The average Bonchev–Trinajstić information content (AvgIpc) is 2.91. The lowest BCUT2D eigenvalue weighted by atomic mass is 9.80. The topological polar surface area (TPSA) is 50.8 Å². The summed E-state index contributed by atoms with van der Waals surface area (Å²) >= 11 is 6.04. The zero-order valence-corrected chi connectivity index (χ0v) is 16.8. The summed E-state index contributed by atoms with van der Waals surface area (Å²) in [6.45, 7) is 4.98. The Kier molecular flexibility index (Phi) is 7.33. The SMILES string of the molecule is C/C=C(\CCC(C)C(Cc1cc(F)cc(Cl)c1)C1CN(C)C(N)=N1)OC. The van der Waals surface area contributed by atoms with Gasteiger partial charge in [0, 0.05) is 25.0 Å². The van der Waals surface area contributed by atoms with Crippen LogP contribution in [-0.4, -0.2) is 37.6 Å². The number of likely N-dealkylation sites (N-methyl/N-ethyl adjacent to an activating group) is 1. The smallest absolute Gasteiger partial charge is 0.191 e. The van der Waals surface area contributed by atoms with Crippen molar-refractivity contribution < 1.29 is 9.13 Å². The second-order valence-electron chi connectivity index (χ2n) is 7.06. The molecule has 1 aliphatic rings. The van der Waals surface area contributed by atoms with Gasteiger partial charge < -0.3 is 15.4 Å². The van der Waals surface area contributed by atoms with Crippen LogP contribution in [0.2, 0.25) is 5.02 Å². The van der Waals surface area contributed by atoms with E-state index in [0.717, 1.165) is 30.7 Å². The van der Waals surface area contributed by atoms with E-state index in [4.69, 9.17) is 22.1 Å². The standard InChI is InChI=1S/C20H29ClFN3O/c1-5-17(26-4)7-6-13(2)18(19-12-25(3)20(23)24-19)10-14-8-15(21)11-16(22)9-14/h5,8-9,11,13,18-19H,6-7,10,12H2,1-4H3,(H2,23,24)/b17-5+. The number of benzene rings is 1. The highest BCUT2D eigenvalue weighted by atomic mass is 35.5. The van der Waals surface area contributed by atoms with Crippen LogP contribution in [0.1, 0.15) is 32.3 Å². The Bertz CT molecular complexity index is 657. The first-order valence-corrected chi connectivity index (χ1v) is 9.40. The van der Waals surface area contributed by atoms with Gasteiger partial charge in [0.25, 0.3) is 0 Å². The minimum atomic E-state index is -0.305. The maximum absolute atomic E-state index is 13.8. The summed E-state index contributed by atoms with van der Waals surface area (Å²) in [5.74, 6) is 1.86. The summed E-state index contributed by atoms with van der Waals surface area (Å²) in [5, 5.41) is 0.425. The van der Waals surface area contributed by atoms with Crippen LogP contribution in [-0.2, 0) is 11.2 Å². The van der Waals surface area contributed by atoms with Crippen molar-refractivity contribution in [1.82, 2.24) is 4.90 Å². The molecule has 1 aromatic rings. The molecule has 1 aliphatic heterocycles. The monoisotopic (exact) mass is 381 g/mol. The van der Waals surface area contributed by atoms with Crippen LogP contribution >= 0.6 is 11.6 Å². The van der Waals surface area contributed by atoms with E-state index < -0.39 is 0 Å². The van der Waals surface area contributed by atoms with Crippen molar-refractivity contribution in [1.29, 1.82) is 0 Å². The Balaban J connectivity index is 2.18. The van der Waals surface area contributed by atoms with Crippen molar-refractivity contribution in [2.45, 2.75) is 39.2 Å². The Labute approximate surface area is 160 Å². The summed E-state index contributed by atoms with van der Waals surface area (Å²) in [7, 11) is 3.64. The van der Waals surface area contributed by atoms with Crippen LogP contribution in [0.15, 0.2) is 35.0 Å². The second kappa shape index (κ2) is 9.26. The molecule has 0 aromatic heterocycles. The zero-order valence-electron chi connectivity index (χ0n) is 16.0. The van der Waals surface area contributed by atoms with Crippen LogP contribution in [0.4, 0.5) is 4.39 Å². The van der Waals surface area contributed by atoms with Crippen molar-refractivity contribution >= 4 is 17.6 Å². The van der Waals surface area contributed by atoms with E-state index in [2.05, 4.69) is 11.9 Å². The third kappa shape index (κ3) is 5.37. The number of hydrogen-bond donors (Lipinski definition) is 1. The molecule has 0 fully saturated rings. The van der Waals surface area contributed by atoms with Gasteiger partial charge in [0.2, 0.25) is 0 Å². The number of guanidine groups is 1. The van der Waals surface area contributed by atoms with Crippen molar-refractivity contribution in [3.05, 3.63) is 46.4 Å². The van der Waals surface area contributed by atoms with Crippen molar-refractivity contribution in [2.75, 3.05) is 20.7 Å². The Morgan fingerprint density at radius 1 is 1.50 bits per heavy atom. The molecule has 144 valence electrons. The predicted molar refractivity (Wildman–Crippen MR) is 106 cm³/mol. The van der Waals surface area contributed by atoms with Crippen molar-refractivity contribution in [3.63, 3.8) is 0 Å². The van der Waals surface area contributed by atoms with Gasteiger partial charge >= 0.3 is 0 Å². The number of ether oxygens (including phenoxy) is 1. The molecule has 26 heavy (non-hydrogen) atoms. The lowest BCUT2D eigenvalue weighted by Gasteiger charge is -2.28. The molecule has 0 bridgehead atoms. The Morgan fingerprint density at radius 3 is 2.77 bits per heavy atom. The Morgan fingerprint density at radius 2 is 2.23 bits per heavy atom. The highest BCUT2D eigenvalue weighted by molar-refractivity contribution is 6.30. The van der Waals surface area contributed by atoms with Gasteiger partial charge in [0.05, 0.1) is 18.9 Å². The molecular weight excluding hydrogens is 353 g/mol. The van der Waals surface area contributed by atoms with Gasteiger partial charge in [-0.25, -0.2) is 9.38 Å². The predicted octanol–water partition coefficient (Wildman–Crippen LogP) is 4.23. The van der Waals surface area contributed by atoms with Crippen LogP contribution in [0.25, 0.3) is 0 Å². The molecule has 6 heteroatoms. The lowest BCUT2D eigenvalue weighted by Crippen LogP contribution is -2.34. The quantitative estimate of drug-likeness (QED) is 0.685. The molecule has 0 amide bonds. The molecule has 4 nitrogen and oxygen atoms in total. The van der Waals surface area contributed by atoms with E-state index in [0.29, 0.717) is 23.3 Å². The fraction of sp³-hybridized carbons (Fsp3) is 0.550. The lowest BCUT2D eigenvalue weighted by molar-refractivity contribution is 0.238. The van der Waals surface area contributed by atoms with Gasteiger partial charge in [-0.1, -0.05) is 18.5 Å². The van der Waals surface area contributed by atoms with Gasteiger partial charge in [-0.05, 0) is 61.4 Å². The largest absolute Gasteiger partial charge is 0.501 e.